The molecule has 0 saturated carbocycles. The minimum atomic E-state index is 0.585. The van der Waals surface area contributed by atoms with Crippen molar-refractivity contribution in [1.29, 1.82) is 0 Å². The number of aromatic nitrogens is 3. The first-order chi connectivity index (χ1) is 10.3. The van der Waals surface area contributed by atoms with Gasteiger partial charge in [0.05, 0.1) is 17.9 Å². The summed E-state index contributed by atoms with van der Waals surface area (Å²) in [6.45, 7) is 2.65. The van der Waals surface area contributed by atoms with Crippen molar-refractivity contribution in [3.8, 4) is 5.69 Å². The Morgan fingerprint density at radius 2 is 2.10 bits per heavy atom. The zero-order valence-electron chi connectivity index (χ0n) is 11.6. The van der Waals surface area contributed by atoms with Crippen LogP contribution >= 0.6 is 11.6 Å². The van der Waals surface area contributed by atoms with Crippen LogP contribution in [0, 0.1) is 0 Å². The molecule has 21 heavy (non-hydrogen) atoms. The second kappa shape index (κ2) is 6.01. The molecule has 0 unspecified atom stereocenters. The number of rotatable bonds is 5. The fourth-order valence-corrected chi connectivity index (χ4v) is 2.24. The summed E-state index contributed by atoms with van der Waals surface area (Å²) < 4.78 is 7.38. The van der Waals surface area contributed by atoms with Gasteiger partial charge in [-0.05, 0) is 30.3 Å². The van der Waals surface area contributed by atoms with Crippen LogP contribution in [0.1, 0.15) is 18.4 Å². The number of anilines is 1. The molecule has 1 aromatic carbocycles. The highest BCUT2D eigenvalue weighted by Gasteiger charge is 2.07. The standard InChI is InChI=1S/C15H15ClN4O/c1-2-12-4-5-13(21-12)8-18-14-7-11(16)3-6-15(14)20-10-17-9-19-20/h3-7,9-10,18H,2,8H2,1H3. The van der Waals surface area contributed by atoms with Gasteiger partial charge in [0.1, 0.15) is 24.2 Å². The zero-order valence-corrected chi connectivity index (χ0v) is 12.3. The van der Waals surface area contributed by atoms with E-state index in [1.807, 2.05) is 30.3 Å². The number of hydrogen-bond donors (Lipinski definition) is 1. The minimum absolute atomic E-state index is 0.585. The summed E-state index contributed by atoms with van der Waals surface area (Å²) in [6, 6.07) is 9.56. The number of benzene rings is 1. The molecule has 2 aromatic heterocycles. The van der Waals surface area contributed by atoms with Gasteiger partial charge in [-0.3, -0.25) is 0 Å². The van der Waals surface area contributed by atoms with E-state index >= 15 is 0 Å². The van der Waals surface area contributed by atoms with Crippen molar-refractivity contribution in [2.24, 2.45) is 0 Å². The number of aryl methyl sites for hydroxylation is 1. The lowest BCUT2D eigenvalue weighted by molar-refractivity contribution is 0.476. The Labute approximate surface area is 127 Å². The largest absolute Gasteiger partial charge is 0.464 e. The number of furan rings is 1. The van der Waals surface area contributed by atoms with Gasteiger partial charge in [-0.15, -0.1) is 0 Å². The fourth-order valence-electron chi connectivity index (χ4n) is 2.07. The first-order valence-electron chi connectivity index (χ1n) is 6.72. The molecule has 5 nitrogen and oxygen atoms in total. The van der Waals surface area contributed by atoms with E-state index in [9.17, 15) is 0 Å². The summed E-state index contributed by atoms with van der Waals surface area (Å²) in [5.41, 5.74) is 1.77. The SMILES string of the molecule is CCc1ccc(CNc2cc(Cl)ccc2-n2cncn2)o1. The molecule has 0 saturated heterocycles. The molecule has 3 rings (SSSR count). The van der Waals surface area contributed by atoms with Crippen molar-refractivity contribution >= 4 is 17.3 Å². The van der Waals surface area contributed by atoms with E-state index in [0.29, 0.717) is 11.6 Å². The lowest BCUT2D eigenvalue weighted by Crippen LogP contribution is -2.04. The molecular formula is C15H15ClN4O. The Balaban J connectivity index is 1.82. The summed E-state index contributed by atoms with van der Waals surface area (Å²) in [4.78, 5) is 3.97. The van der Waals surface area contributed by atoms with Gasteiger partial charge in [0, 0.05) is 11.4 Å². The van der Waals surface area contributed by atoms with Gasteiger partial charge in [-0.2, -0.15) is 5.10 Å². The van der Waals surface area contributed by atoms with Crippen molar-refractivity contribution in [2.45, 2.75) is 19.9 Å². The molecule has 0 bridgehead atoms. The van der Waals surface area contributed by atoms with Crippen molar-refractivity contribution < 1.29 is 4.42 Å². The lowest BCUT2D eigenvalue weighted by Gasteiger charge is -2.11. The molecule has 6 heteroatoms. The second-order valence-corrected chi connectivity index (χ2v) is 5.01. The predicted molar refractivity (Wildman–Crippen MR) is 81.8 cm³/mol. The Hall–Kier alpha value is -2.27. The number of hydrogen-bond acceptors (Lipinski definition) is 4. The van der Waals surface area contributed by atoms with E-state index in [1.165, 1.54) is 6.33 Å². The van der Waals surface area contributed by atoms with Gasteiger partial charge in [0.2, 0.25) is 0 Å². The van der Waals surface area contributed by atoms with Crippen LogP contribution in [0.2, 0.25) is 5.02 Å². The highest BCUT2D eigenvalue weighted by atomic mass is 35.5. The molecular weight excluding hydrogens is 288 g/mol. The van der Waals surface area contributed by atoms with Gasteiger partial charge in [0.25, 0.3) is 0 Å². The van der Waals surface area contributed by atoms with Gasteiger partial charge in [0.15, 0.2) is 0 Å². The van der Waals surface area contributed by atoms with Crippen molar-refractivity contribution in [3.63, 3.8) is 0 Å². The van der Waals surface area contributed by atoms with Gasteiger partial charge in [-0.1, -0.05) is 18.5 Å². The maximum Gasteiger partial charge on any atom is 0.138 e. The quantitative estimate of drug-likeness (QED) is 0.781. The van der Waals surface area contributed by atoms with E-state index in [1.54, 1.807) is 11.0 Å². The van der Waals surface area contributed by atoms with Crippen LogP contribution in [-0.2, 0) is 13.0 Å². The van der Waals surface area contributed by atoms with E-state index in [0.717, 1.165) is 29.3 Å². The van der Waals surface area contributed by atoms with Crippen LogP contribution in [0.5, 0.6) is 0 Å². The molecule has 0 aliphatic rings. The average Bonchev–Trinajstić information content (AvgIpc) is 3.16. The Kier molecular flexibility index (Phi) is 3.92. The monoisotopic (exact) mass is 302 g/mol. The minimum Gasteiger partial charge on any atom is -0.464 e. The van der Waals surface area contributed by atoms with Crippen LogP contribution in [-0.4, -0.2) is 14.8 Å². The smallest absolute Gasteiger partial charge is 0.138 e. The average molecular weight is 303 g/mol. The third kappa shape index (κ3) is 3.08. The van der Waals surface area contributed by atoms with Gasteiger partial charge >= 0.3 is 0 Å². The highest BCUT2D eigenvalue weighted by Crippen LogP contribution is 2.24. The van der Waals surface area contributed by atoms with Crippen molar-refractivity contribution in [2.75, 3.05) is 5.32 Å². The van der Waals surface area contributed by atoms with Crippen LogP contribution < -0.4 is 5.32 Å². The van der Waals surface area contributed by atoms with Crippen LogP contribution in [0.4, 0.5) is 5.69 Å². The second-order valence-electron chi connectivity index (χ2n) is 4.58. The molecule has 108 valence electrons. The predicted octanol–water partition coefficient (Wildman–Crippen LogP) is 3.69. The number of halogens is 1. The van der Waals surface area contributed by atoms with Gasteiger partial charge in [-0.25, -0.2) is 9.67 Å². The summed E-state index contributed by atoms with van der Waals surface area (Å²) in [5, 5.41) is 8.14. The Morgan fingerprint density at radius 3 is 2.81 bits per heavy atom. The normalized spacial score (nSPS) is 10.8. The van der Waals surface area contributed by atoms with Crippen LogP contribution in [0.3, 0.4) is 0 Å². The number of nitrogens with zero attached hydrogens (tertiary/aromatic N) is 3. The van der Waals surface area contributed by atoms with E-state index in [-0.39, 0.29) is 0 Å². The van der Waals surface area contributed by atoms with E-state index < -0.39 is 0 Å². The molecule has 0 amide bonds. The van der Waals surface area contributed by atoms with E-state index in [4.69, 9.17) is 16.0 Å². The summed E-state index contributed by atoms with van der Waals surface area (Å²) in [5.74, 6) is 1.87. The first-order valence-corrected chi connectivity index (χ1v) is 7.10. The molecule has 0 aliphatic heterocycles. The molecule has 0 fully saturated rings. The van der Waals surface area contributed by atoms with Crippen LogP contribution in [0.25, 0.3) is 5.69 Å². The maximum atomic E-state index is 6.08. The van der Waals surface area contributed by atoms with Crippen molar-refractivity contribution in [1.82, 2.24) is 14.8 Å². The highest BCUT2D eigenvalue weighted by molar-refractivity contribution is 6.31. The third-order valence-corrected chi connectivity index (χ3v) is 3.38. The molecule has 0 atom stereocenters. The Bertz CT molecular complexity index is 721. The van der Waals surface area contributed by atoms with Crippen molar-refractivity contribution in [3.05, 3.63) is 59.5 Å². The van der Waals surface area contributed by atoms with E-state index in [2.05, 4.69) is 22.3 Å². The maximum absolute atomic E-state index is 6.08. The zero-order chi connectivity index (χ0) is 14.7. The Morgan fingerprint density at radius 1 is 1.24 bits per heavy atom. The number of nitrogens with one attached hydrogen (secondary N) is 1. The molecule has 3 aromatic rings. The lowest BCUT2D eigenvalue weighted by atomic mass is 10.2. The van der Waals surface area contributed by atoms with Crippen LogP contribution in [0.15, 0.2) is 47.4 Å². The fraction of sp³-hybridized carbons (Fsp3) is 0.200. The summed E-state index contributed by atoms with van der Waals surface area (Å²) in [6.07, 6.45) is 4.04. The summed E-state index contributed by atoms with van der Waals surface area (Å²) >= 11 is 6.08. The molecule has 2 heterocycles. The molecule has 0 spiro atoms. The third-order valence-electron chi connectivity index (χ3n) is 3.14. The molecule has 0 aliphatic carbocycles. The first kappa shape index (κ1) is 13.7. The van der Waals surface area contributed by atoms with Gasteiger partial charge < -0.3 is 9.73 Å². The summed E-state index contributed by atoms with van der Waals surface area (Å²) in [7, 11) is 0. The molecule has 0 radical (unpaired) electrons. The molecule has 1 N–H and O–H groups in total. The topological polar surface area (TPSA) is 55.9 Å².